The summed E-state index contributed by atoms with van der Waals surface area (Å²) in [4.78, 5) is 21.2. The van der Waals surface area contributed by atoms with Gasteiger partial charge in [0.1, 0.15) is 17.3 Å². The Hall–Kier alpha value is -2.51. The molecule has 0 unspecified atom stereocenters. The summed E-state index contributed by atoms with van der Waals surface area (Å²) in [5, 5.41) is 3.63. The van der Waals surface area contributed by atoms with Gasteiger partial charge in [-0.1, -0.05) is 11.6 Å². The van der Waals surface area contributed by atoms with Gasteiger partial charge in [0, 0.05) is 50.1 Å². The number of amides is 1. The molecule has 27 heavy (non-hydrogen) atoms. The number of nitrogens with zero attached hydrogens (tertiary/aromatic N) is 3. The second kappa shape index (κ2) is 8.45. The van der Waals surface area contributed by atoms with Crippen LogP contribution >= 0.6 is 11.6 Å². The molecule has 0 saturated carbocycles. The molecule has 8 heteroatoms. The Balaban J connectivity index is 1.81. The van der Waals surface area contributed by atoms with Gasteiger partial charge in [0.25, 0.3) is 5.91 Å². The van der Waals surface area contributed by atoms with Crippen LogP contribution in [0.15, 0.2) is 30.5 Å². The maximum Gasteiger partial charge on any atom is 0.254 e. The molecule has 1 aliphatic rings. The van der Waals surface area contributed by atoms with Crippen LogP contribution in [0, 0.1) is 0 Å². The lowest BCUT2D eigenvalue weighted by Crippen LogP contribution is -2.47. The van der Waals surface area contributed by atoms with Crippen LogP contribution in [-0.2, 0) is 0 Å². The molecule has 1 fully saturated rings. The molecule has 1 N–H and O–H groups in total. The molecule has 1 amide bonds. The molecule has 0 aliphatic carbocycles. The maximum atomic E-state index is 12.8. The van der Waals surface area contributed by atoms with E-state index in [1.54, 1.807) is 44.7 Å². The second-order valence-electron chi connectivity index (χ2n) is 6.34. The van der Waals surface area contributed by atoms with E-state index in [1.807, 2.05) is 4.90 Å². The Kier molecular flexibility index (Phi) is 6.03. The maximum absolute atomic E-state index is 12.8. The minimum Gasteiger partial charge on any atom is -0.495 e. The molecular formula is C19H23ClN4O3. The van der Waals surface area contributed by atoms with Crippen LogP contribution in [-0.4, -0.2) is 68.1 Å². The summed E-state index contributed by atoms with van der Waals surface area (Å²) in [7, 11) is 5.17. The predicted molar refractivity (Wildman–Crippen MR) is 105 cm³/mol. The average molecular weight is 391 g/mol. The predicted octanol–water partition coefficient (Wildman–Crippen LogP) is 2.88. The summed E-state index contributed by atoms with van der Waals surface area (Å²) >= 11 is 6.14. The Morgan fingerprint density at radius 2 is 1.81 bits per heavy atom. The highest BCUT2D eigenvalue weighted by molar-refractivity contribution is 6.32. The first kappa shape index (κ1) is 19.3. The summed E-state index contributed by atoms with van der Waals surface area (Å²) in [6.07, 6.45) is 1.62. The number of halogens is 1. The smallest absolute Gasteiger partial charge is 0.254 e. The van der Waals surface area contributed by atoms with Crippen LogP contribution in [0.2, 0.25) is 5.02 Å². The number of rotatable bonds is 5. The van der Waals surface area contributed by atoms with Crippen LogP contribution in [0.5, 0.6) is 11.5 Å². The van der Waals surface area contributed by atoms with Crippen molar-refractivity contribution in [2.45, 2.75) is 0 Å². The highest BCUT2D eigenvalue weighted by atomic mass is 35.5. The molecule has 0 spiro atoms. The van der Waals surface area contributed by atoms with Gasteiger partial charge < -0.3 is 24.6 Å². The van der Waals surface area contributed by atoms with Gasteiger partial charge in [-0.25, -0.2) is 4.98 Å². The van der Waals surface area contributed by atoms with Gasteiger partial charge >= 0.3 is 0 Å². The van der Waals surface area contributed by atoms with E-state index in [1.165, 1.54) is 0 Å². The first-order valence-corrected chi connectivity index (χ1v) is 9.02. The quantitative estimate of drug-likeness (QED) is 0.846. The highest BCUT2D eigenvalue weighted by Crippen LogP contribution is 2.37. The lowest BCUT2D eigenvalue weighted by molar-refractivity contribution is 0.0664. The minimum atomic E-state index is 0.00852. The number of ether oxygens (including phenoxy) is 2. The minimum absolute atomic E-state index is 0.00852. The number of carbonyl (C=O) groups excluding carboxylic acids is 1. The molecule has 2 heterocycles. The van der Waals surface area contributed by atoms with Gasteiger partial charge in [0.05, 0.1) is 24.9 Å². The Morgan fingerprint density at radius 3 is 2.48 bits per heavy atom. The number of hydrogen-bond acceptors (Lipinski definition) is 6. The normalized spacial score (nSPS) is 14.7. The fourth-order valence-electron chi connectivity index (χ4n) is 2.92. The van der Waals surface area contributed by atoms with Crippen molar-refractivity contribution in [1.29, 1.82) is 0 Å². The van der Waals surface area contributed by atoms with Crippen molar-refractivity contribution in [3.63, 3.8) is 0 Å². The van der Waals surface area contributed by atoms with Gasteiger partial charge in [-0.3, -0.25) is 4.79 Å². The number of methoxy groups -OCH3 is 2. The first-order chi connectivity index (χ1) is 13.0. The molecule has 0 radical (unpaired) electrons. The van der Waals surface area contributed by atoms with Crippen molar-refractivity contribution in [3.8, 4) is 11.5 Å². The van der Waals surface area contributed by atoms with Crippen molar-refractivity contribution in [3.05, 3.63) is 41.0 Å². The average Bonchev–Trinajstić information content (AvgIpc) is 2.69. The summed E-state index contributed by atoms with van der Waals surface area (Å²) in [5.41, 5.74) is 1.24. The molecule has 2 aromatic rings. The van der Waals surface area contributed by atoms with E-state index in [9.17, 15) is 4.79 Å². The topological polar surface area (TPSA) is 66.9 Å². The van der Waals surface area contributed by atoms with Crippen molar-refractivity contribution < 1.29 is 14.3 Å². The molecule has 1 saturated heterocycles. The second-order valence-corrected chi connectivity index (χ2v) is 6.74. The van der Waals surface area contributed by atoms with Crippen molar-refractivity contribution in [1.82, 2.24) is 14.8 Å². The summed E-state index contributed by atoms with van der Waals surface area (Å²) < 4.78 is 10.6. The Bertz CT molecular complexity index is 823. The number of likely N-dealkylation sites (N-methyl/N-ethyl adjacent to an activating group) is 1. The van der Waals surface area contributed by atoms with Crippen LogP contribution in [0.25, 0.3) is 0 Å². The number of anilines is 2. The van der Waals surface area contributed by atoms with Gasteiger partial charge in [0.15, 0.2) is 0 Å². The molecule has 1 aliphatic heterocycles. The van der Waals surface area contributed by atoms with Gasteiger partial charge in [0.2, 0.25) is 0 Å². The van der Waals surface area contributed by atoms with Crippen molar-refractivity contribution in [2.24, 2.45) is 0 Å². The fraction of sp³-hybridized carbons (Fsp3) is 0.368. The van der Waals surface area contributed by atoms with E-state index < -0.39 is 0 Å². The number of benzene rings is 1. The van der Waals surface area contributed by atoms with Crippen LogP contribution in [0.4, 0.5) is 11.5 Å². The standard InChI is InChI=1S/C19H23ClN4O3/c1-23-6-8-24(9-7-23)19(25)13-4-5-21-18(10-13)22-15-12-16(26-2)14(20)11-17(15)27-3/h4-5,10-12H,6-9H2,1-3H3,(H,21,22). The van der Waals surface area contributed by atoms with Gasteiger partial charge in [-0.2, -0.15) is 0 Å². The van der Waals surface area contributed by atoms with E-state index in [2.05, 4.69) is 22.2 Å². The van der Waals surface area contributed by atoms with E-state index >= 15 is 0 Å². The van der Waals surface area contributed by atoms with Crippen LogP contribution in [0.3, 0.4) is 0 Å². The zero-order chi connectivity index (χ0) is 19.4. The Morgan fingerprint density at radius 1 is 1.11 bits per heavy atom. The number of nitrogens with one attached hydrogen (secondary N) is 1. The fourth-order valence-corrected chi connectivity index (χ4v) is 3.15. The lowest BCUT2D eigenvalue weighted by Gasteiger charge is -2.32. The number of piperazine rings is 1. The summed E-state index contributed by atoms with van der Waals surface area (Å²) in [6, 6.07) is 6.87. The Labute approximate surface area is 163 Å². The number of hydrogen-bond donors (Lipinski definition) is 1. The molecule has 0 atom stereocenters. The zero-order valence-corrected chi connectivity index (χ0v) is 16.4. The molecule has 144 valence electrons. The SMILES string of the molecule is COc1cc(Nc2cc(C(=O)N3CCN(C)CC3)ccn2)c(OC)cc1Cl. The van der Waals surface area contributed by atoms with Gasteiger partial charge in [-0.05, 0) is 19.2 Å². The van der Waals surface area contributed by atoms with E-state index in [-0.39, 0.29) is 5.91 Å². The van der Waals surface area contributed by atoms with Gasteiger partial charge in [-0.15, -0.1) is 0 Å². The molecule has 0 bridgehead atoms. The van der Waals surface area contributed by atoms with E-state index in [0.29, 0.717) is 33.6 Å². The van der Waals surface area contributed by atoms with Crippen molar-refractivity contribution >= 4 is 29.0 Å². The first-order valence-electron chi connectivity index (χ1n) is 8.64. The highest BCUT2D eigenvalue weighted by Gasteiger charge is 2.21. The molecular weight excluding hydrogens is 368 g/mol. The van der Waals surface area contributed by atoms with Crippen molar-refractivity contribution in [2.75, 3.05) is 52.8 Å². The number of pyridine rings is 1. The third kappa shape index (κ3) is 4.43. The third-order valence-electron chi connectivity index (χ3n) is 4.53. The molecule has 3 rings (SSSR count). The third-order valence-corrected chi connectivity index (χ3v) is 4.83. The summed E-state index contributed by atoms with van der Waals surface area (Å²) in [6.45, 7) is 3.21. The number of aromatic nitrogens is 1. The van der Waals surface area contributed by atoms with E-state index in [4.69, 9.17) is 21.1 Å². The molecule has 1 aromatic heterocycles. The zero-order valence-electron chi connectivity index (χ0n) is 15.7. The lowest BCUT2D eigenvalue weighted by atomic mass is 10.2. The largest absolute Gasteiger partial charge is 0.495 e. The van der Waals surface area contributed by atoms with Crippen LogP contribution < -0.4 is 14.8 Å². The van der Waals surface area contributed by atoms with Crippen LogP contribution in [0.1, 0.15) is 10.4 Å². The monoisotopic (exact) mass is 390 g/mol. The summed E-state index contributed by atoms with van der Waals surface area (Å²) in [5.74, 6) is 1.62. The van der Waals surface area contributed by atoms with E-state index in [0.717, 1.165) is 26.2 Å². The number of carbonyl (C=O) groups is 1. The molecule has 7 nitrogen and oxygen atoms in total. The molecule has 1 aromatic carbocycles.